The summed E-state index contributed by atoms with van der Waals surface area (Å²) in [7, 11) is -3.16. The van der Waals surface area contributed by atoms with E-state index in [9.17, 15) is 22.9 Å². The van der Waals surface area contributed by atoms with Crippen molar-refractivity contribution in [3.05, 3.63) is 81.8 Å². The van der Waals surface area contributed by atoms with E-state index in [2.05, 4.69) is 15.5 Å². The molecule has 190 valence electrons. The molecule has 0 saturated heterocycles. The first-order chi connectivity index (χ1) is 17.5. The van der Waals surface area contributed by atoms with Crippen LogP contribution in [0.5, 0.6) is 11.5 Å². The number of hydrogen-bond donors (Lipinski definition) is 2. The summed E-state index contributed by atoms with van der Waals surface area (Å²) in [5.41, 5.74) is 0.00943. The van der Waals surface area contributed by atoms with Crippen molar-refractivity contribution in [3.8, 4) is 11.5 Å². The first-order valence-electron chi connectivity index (χ1n) is 10.6. The number of carbonyl (C=O) groups excluding carboxylic acids is 1. The summed E-state index contributed by atoms with van der Waals surface area (Å²) in [6, 6.07) is 15.6. The van der Waals surface area contributed by atoms with Gasteiger partial charge in [-0.2, -0.15) is 13.5 Å². The van der Waals surface area contributed by atoms with Crippen LogP contribution in [-0.4, -0.2) is 26.0 Å². The summed E-state index contributed by atoms with van der Waals surface area (Å²) in [5, 5.41) is 24.8. The third-order valence-corrected chi connectivity index (χ3v) is 7.28. The Morgan fingerprint density at radius 1 is 1.05 bits per heavy atom. The Morgan fingerprint density at radius 2 is 1.76 bits per heavy atom. The van der Waals surface area contributed by atoms with Crippen LogP contribution in [0.25, 0.3) is 10.8 Å². The molecule has 4 aromatic rings. The Labute approximate surface area is 250 Å². The van der Waals surface area contributed by atoms with Gasteiger partial charge in [-0.15, -0.1) is 5.11 Å². The number of halogens is 2. The number of hydrogen-bond acceptors (Lipinski definition) is 7. The zero-order valence-electron chi connectivity index (χ0n) is 20.3. The first-order valence-corrected chi connectivity index (χ1v) is 12.8. The van der Waals surface area contributed by atoms with E-state index in [1.54, 1.807) is 30.3 Å². The molecule has 4 rings (SSSR count). The molecule has 0 radical (unpaired) electrons. The van der Waals surface area contributed by atoms with E-state index in [1.807, 2.05) is 0 Å². The maximum atomic E-state index is 13.4. The SMILES string of the molecule is COc1ccc(NC(=O)c2cc3ccccc3c(N=Nc3ccc(C)c(S(=O)(=O)O)c3Cl)c2[O-])c(Cl)c1.[Na+]. The number of nitrogens with one attached hydrogen (secondary N) is 1. The molecule has 0 aliphatic heterocycles. The standard InChI is InChI=1S/C25H19Cl2N3O6S.Na/c1-13-7-9-20(21(27)24(13)37(33,34)35)29-30-22-16-6-4-3-5-14(16)11-17(23(22)31)25(32)28-19-10-8-15(36-2)12-18(19)26;/h3-12,31H,1-2H3,(H,28,32)(H,33,34,35);/q;+1/p-1. The molecule has 0 unspecified atom stereocenters. The van der Waals surface area contributed by atoms with Gasteiger partial charge in [0.1, 0.15) is 16.3 Å². The van der Waals surface area contributed by atoms with Gasteiger partial charge in [-0.05, 0) is 42.1 Å². The van der Waals surface area contributed by atoms with Crippen LogP contribution < -0.4 is 44.7 Å². The number of nitrogens with zero attached hydrogens (tertiary/aromatic N) is 2. The van der Waals surface area contributed by atoms with Gasteiger partial charge in [0.05, 0.1) is 28.5 Å². The topological polar surface area (TPSA) is 140 Å². The van der Waals surface area contributed by atoms with Gasteiger partial charge in [-0.1, -0.05) is 59.3 Å². The van der Waals surface area contributed by atoms with E-state index in [1.165, 1.54) is 44.4 Å². The number of amides is 1. The zero-order chi connectivity index (χ0) is 26.9. The van der Waals surface area contributed by atoms with Crippen LogP contribution >= 0.6 is 23.2 Å². The summed E-state index contributed by atoms with van der Waals surface area (Å²) >= 11 is 12.4. The van der Waals surface area contributed by atoms with Crippen LogP contribution in [0.2, 0.25) is 10.0 Å². The van der Waals surface area contributed by atoms with Crippen molar-refractivity contribution in [2.45, 2.75) is 11.8 Å². The monoisotopic (exact) mass is 581 g/mol. The van der Waals surface area contributed by atoms with Crippen molar-refractivity contribution in [1.29, 1.82) is 0 Å². The molecule has 1 amide bonds. The van der Waals surface area contributed by atoms with Crippen LogP contribution in [-0.2, 0) is 10.1 Å². The van der Waals surface area contributed by atoms with Gasteiger partial charge in [-0.3, -0.25) is 9.35 Å². The summed E-state index contributed by atoms with van der Waals surface area (Å²) in [6.45, 7) is 1.45. The average molecular weight is 582 g/mol. The number of methoxy groups -OCH3 is 1. The molecule has 0 aliphatic carbocycles. The van der Waals surface area contributed by atoms with E-state index < -0.39 is 26.7 Å². The second-order valence-electron chi connectivity index (χ2n) is 7.84. The Hall–Kier alpha value is -2.70. The number of fused-ring (bicyclic) bond motifs is 1. The number of carbonyl (C=O) groups is 1. The van der Waals surface area contributed by atoms with Crippen molar-refractivity contribution in [2.24, 2.45) is 10.2 Å². The number of rotatable bonds is 6. The second kappa shape index (κ2) is 12.0. The van der Waals surface area contributed by atoms with Crippen LogP contribution in [0.4, 0.5) is 17.1 Å². The predicted octanol–water partition coefficient (Wildman–Crippen LogP) is 3.46. The van der Waals surface area contributed by atoms with E-state index in [0.717, 1.165) is 0 Å². The van der Waals surface area contributed by atoms with Gasteiger partial charge in [0, 0.05) is 17.0 Å². The molecule has 0 aliphatic rings. The van der Waals surface area contributed by atoms with Crippen LogP contribution in [0, 0.1) is 6.92 Å². The molecule has 4 aromatic carbocycles. The Kier molecular flexibility index (Phi) is 9.43. The molecular weight excluding hydrogens is 564 g/mol. The number of aryl methyl sites for hydroxylation is 1. The fraction of sp³-hybridized carbons (Fsp3) is 0.0800. The second-order valence-corrected chi connectivity index (χ2v) is 9.99. The number of ether oxygens (including phenoxy) is 1. The number of benzene rings is 4. The number of azo groups is 1. The Bertz CT molecular complexity index is 1700. The Morgan fingerprint density at radius 3 is 2.42 bits per heavy atom. The molecule has 0 bridgehead atoms. The minimum Gasteiger partial charge on any atom is -0.870 e. The van der Waals surface area contributed by atoms with Gasteiger partial charge in [-0.25, -0.2) is 0 Å². The van der Waals surface area contributed by atoms with Crippen molar-refractivity contribution < 1.29 is 57.2 Å². The first kappa shape index (κ1) is 29.9. The van der Waals surface area contributed by atoms with E-state index in [0.29, 0.717) is 16.5 Å². The molecule has 38 heavy (non-hydrogen) atoms. The third-order valence-electron chi connectivity index (χ3n) is 5.43. The smallest absolute Gasteiger partial charge is 0.870 e. The van der Waals surface area contributed by atoms with Gasteiger partial charge in [0.25, 0.3) is 16.0 Å². The van der Waals surface area contributed by atoms with E-state index in [4.69, 9.17) is 27.9 Å². The van der Waals surface area contributed by atoms with Crippen molar-refractivity contribution in [3.63, 3.8) is 0 Å². The molecule has 2 N–H and O–H groups in total. The van der Waals surface area contributed by atoms with Crippen molar-refractivity contribution in [2.75, 3.05) is 12.4 Å². The molecule has 13 heteroatoms. The van der Waals surface area contributed by atoms with Gasteiger partial charge in [0.15, 0.2) is 0 Å². The normalized spacial score (nSPS) is 11.4. The van der Waals surface area contributed by atoms with E-state index in [-0.39, 0.29) is 67.8 Å². The quantitative estimate of drug-likeness (QED) is 0.203. The minimum atomic E-state index is -4.64. The summed E-state index contributed by atoms with van der Waals surface area (Å²) in [5.74, 6) is -0.947. The summed E-state index contributed by atoms with van der Waals surface area (Å²) in [4.78, 5) is 12.6. The summed E-state index contributed by atoms with van der Waals surface area (Å²) < 4.78 is 38.1. The van der Waals surface area contributed by atoms with Crippen LogP contribution in [0.3, 0.4) is 0 Å². The van der Waals surface area contributed by atoms with Crippen molar-refractivity contribution >= 4 is 67.1 Å². The number of anilines is 1. The largest absolute Gasteiger partial charge is 1.00 e. The average Bonchev–Trinajstić information content (AvgIpc) is 2.84. The predicted molar refractivity (Wildman–Crippen MR) is 140 cm³/mol. The van der Waals surface area contributed by atoms with Crippen molar-refractivity contribution in [1.82, 2.24) is 0 Å². The molecular formula is C25H18Cl2N3NaO6S. The zero-order valence-corrected chi connectivity index (χ0v) is 24.6. The third kappa shape index (κ3) is 6.13. The maximum absolute atomic E-state index is 13.4. The molecule has 9 nitrogen and oxygen atoms in total. The molecule has 0 aromatic heterocycles. The van der Waals surface area contributed by atoms with E-state index >= 15 is 0 Å². The maximum Gasteiger partial charge on any atom is 1.00 e. The Balaban J connectivity index is 0.00000400. The van der Waals surface area contributed by atoms with Gasteiger partial charge >= 0.3 is 29.6 Å². The molecule has 0 fully saturated rings. The fourth-order valence-electron chi connectivity index (χ4n) is 3.63. The molecule has 0 spiro atoms. The molecule has 0 atom stereocenters. The molecule has 0 saturated carbocycles. The minimum absolute atomic E-state index is 0. The van der Waals surface area contributed by atoms with Gasteiger partial charge in [0.2, 0.25) is 0 Å². The van der Waals surface area contributed by atoms with Crippen LogP contribution in [0.1, 0.15) is 15.9 Å². The summed E-state index contributed by atoms with van der Waals surface area (Å²) in [6.07, 6.45) is 0. The van der Waals surface area contributed by atoms with Crippen LogP contribution in [0.15, 0.2) is 75.8 Å². The van der Waals surface area contributed by atoms with Gasteiger partial charge < -0.3 is 15.2 Å². The molecule has 0 heterocycles. The fourth-order valence-corrected chi connectivity index (χ4v) is 5.20.